The number of hydrogen-bond donors (Lipinski definition) is 0. The molecule has 130 valence electrons. The molecule has 0 aliphatic rings. The zero-order valence-electron chi connectivity index (χ0n) is 13.3. The van der Waals surface area contributed by atoms with E-state index >= 15 is 0 Å². The number of rotatable bonds is 4. The second-order valence-corrected chi connectivity index (χ2v) is 6.30. The molecule has 0 aliphatic carbocycles. The van der Waals surface area contributed by atoms with Gasteiger partial charge in [-0.3, -0.25) is 0 Å². The molecule has 0 atom stereocenters. The molecule has 3 nitrogen and oxygen atoms in total. The van der Waals surface area contributed by atoms with Gasteiger partial charge in [0.05, 0.1) is 12.0 Å². The van der Waals surface area contributed by atoms with Crippen LogP contribution >= 0.6 is 11.8 Å². The van der Waals surface area contributed by atoms with Gasteiger partial charge in [-0.2, -0.15) is 13.2 Å². The average molecular weight is 360 g/mol. The van der Waals surface area contributed by atoms with Crippen LogP contribution in [0.2, 0.25) is 0 Å². The summed E-state index contributed by atoms with van der Waals surface area (Å²) in [5.74, 6) is -0.838. The van der Waals surface area contributed by atoms with E-state index in [2.05, 4.69) is 4.99 Å². The second kappa shape index (κ2) is 7.29. The summed E-state index contributed by atoms with van der Waals surface area (Å²) in [6.45, 7) is 1.56. The Hall–Kier alpha value is -1.96. The fourth-order valence-electron chi connectivity index (χ4n) is 1.94. The first kappa shape index (κ1) is 18.4. The van der Waals surface area contributed by atoms with Gasteiger partial charge < -0.3 is 9.32 Å². The van der Waals surface area contributed by atoms with E-state index in [0.717, 1.165) is 0 Å². The number of alkyl halides is 3. The van der Waals surface area contributed by atoms with Crippen molar-refractivity contribution in [3.63, 3.8) is 0 Å². The molecule has 0 N–H and O–H groups in total. The van der Waals surface area contributed by atoms with Gasteiger partial charge in [0.1, 0.15) is 11.5 Å². The van der Waals surface area contributed by atoms with Crippen LogP contribution in [0, 0.1) is 12.7 Å². The molecule has 1 aromatic carbocycles. The highest BCUT2D eigenvalue weighted by atomic mass is 32.2. The van der Waals surface area contributed by atoms with Gasteiger partial charge in [0.2, 0.25) is 0 Å². The first-order chi connectivity index (χ1) is 11.2. The van der Waals surface area contributed by atoms with E-state index in [1.165, 1.54) is 18.4 Å². The molecule has 0 saturated heterocycles. The van der Waals surface area contributed by atoms with Crippen LogP contribution < -0.4 is 0 Å². The maximum absolute atomic E-state index is 14.2. The maximum atomic E-state index is 14.2. The van der Waals surface area contributed by atoms with Crippen molar-refractivity contribution in [2.75, 3.05) is 19.8 Å². The van der Waals surface area contributed by atoms with Crippen molar-refractivity contribution in [3.05, 3.63) is 47.7 Å². The topological polar surface area (TPSA) is 28.7 Å². The number of thioether (sulfide) groups is 1. The minimum Gasteiger partial charge on any atom is -0.461 e. The van der Waals surface area contributed by atoms with Gasteiger partial charge in [-0.1, -0.05) is 0 Å². The predicted octanol–water partition coefficient (Wildman–Crippen LogP) is 5.02. The Bertz CT molecular complexity index is 724. The van der Waals surface area contributed by atoms with Crippen molar-refractivity contribution in [1.29, 1.82) is 0 Å². The third-order valence-electron chi connectivity index (χ3n) is 3.03. The Morgan fingerprint density at radius 2 is 2.00 bits per heavy atom. The van der Waals surface area contributed by atoms with Crippen LogP contribution in [-0.2, 0) is 0 Å². The molecular formula is C16H16F4N2OS. The van der Waals surface area contributed by atoms with Gasteiger partial charge in [0, 0.05) is 19.0 Å². The Labute approximate surface area is 141 Å². The lowest BCUT2D eigenvalue weighted by molar-refractivity contribution is -0.105. The average Bonchev–Trinajstić information content (AvgIpc) is 2.97. The number of hydrogen-bond acceptors (Lipinski definition) is 3. The zero-order chi connectivity index (χ0) is 17.9. The van der Waals surface area contributed by atoms with E-state index in [9.17, 15) is 17.6 Å². The van der Waals surface area contributed by atoms with Crippen LogP contribution in [0.3, 0.4) is 0 Å². The summed E-state index contributed by atoms with van der Waals surface area (Å²) >= 11 is 0.612. The molecule has 0 spiro atoms. The number of halogens is 4. The minimum atomic E-state index is -4.29. The lowest BCUT2D eigenvalue weighted by atomic mass is 10.2. The summed E-state index contributed by atoms with van der Waals surface area (Å²) in [4.78, 5) is 6.20. The van der Waals surface area contributed by atoms with Crippen LogP contribution in [0.25, 0.3) is 0 Å². The van der Waals surface area contributed by atoms with Crippen molar-refractivity contribution in [1.82, 2.24) is 4.90 Å². The molecule has 1 heterocycles. The first-order valence-corrected chi connectivity index (χ1v) is 7.95. The molecule has 0 fully saturated rings. The SMILES string of the molecule is Cc1cc(F)c(N=C(c2ccco2)N(C)C)cc1SCC(F)(F)F. The Balaban J connectivity index is 2.40. The Kier molecular flexibility index (Phi) is 5.58. The molecule has 0 aliphatic heterocycles. The molecule has 1 aromatic heterocycles. The Morgan fingerprint density at radius 1 is 1.29 bits per heavy atom. The zero-order valence-corrected chi connectivity index (χ0v) is 14.1. The van der Waals surface area contributed by atoms with Crippen LogP contribution in [0.15, 0.2) is 44.8 Å². The Morgan fingerprint density at radius 3 is 2.54 bits per heavy atom. The number of furan rings is 1. The normalized spacial score (nSPS) is 12.5. The van der Waals surface area contributed by atoms with E-state index in [1.54, 1.807) is 38.1 Å². The highest BCUT2D eigenvalue weighted by molar-refractivity contribution is 7.99. The molecule has 0 bridgehead atoms. The van der Waals surface area contributed by atoms with Crippen molar-refractivity contribution in [2.45, 2.75) is 18.0 Å². The van der Waals surface area contributed by atoms with Gasteiger partial charge >= 0.3 is 6.18 Å². The maximum Gasteiger partial charge on any atom is 0.398 e. The number of nitrogens with zero attached hydrogens (tertiary/aromatic N) is 2. The summed E-state index contributed by atoms with van der Waals surface area (Å²) in [5, 5.41) is 0. The van der Waals surface area contributed by atoms with E-state index in [1.807, 2.05) is 0 Å². The summed E-state index contributed by atoms with van der Waals surface area (Å²) in [5.41, 5.74) is 0.399. The van der Waals surface area contributed by atoms with Gasteiger partial charge in [-0.25, -0.2) is 9.38 Å². The van der Waals surface area contributed by atoms with E-state index in [4.69, 9.17) is 4.42 Å². The number of amidine groups is 1. The number of aliphatic imine (C=N–C) groups is 1. The largest absolute Gasteiger partial charge is 0.461 e. The van der Waals surface area contributed by atoms with Crippen LogP contribution in [-0.4, -0.2) is 36.8 Å². The van der Waals surface area contributed by atoms with Crippen molar-refractivity contribution in [3.8, 4) is 0 Å². The monoisotopic (exact) mass is 360 g/mol. The quantitative estimate of drug-likeness (QED) is 0.332. The molecule has 0 unspecified atom stereocenters. The van der Waals surface area contributed by atoms with Gasteiger partial charge in [0.25, 0.3) is 0 Å². The van der Waals surface area contributed by atoms with Crippen molar-refractivity contribution < 1.29 is 22.0 Å². The van der Waals surface area contributed by atoms with E-state index in [-0.39, 0.29) is 5.69 Å². The summed E-state index contributed by atoms with van der Waals surface area (Å²) in [6, 6.07) is 5.86. The van der Waals surface area contributed by atoms with Crippen LogP contribution in [0.1, 0.15) is 11.3 Å². The fraction of sp³-hybridized carbons (Fsp3) is 0.312. The molecular weight excluding hydrogens is 344 g/mol. The summed E-state index contributed by atoms with van der Waals surface area (Å²) in [7, 11) is 3.43. The van der Waals surface area contributed by atoms with E-state index in [0.29, 0.717) is 33.8 Å². The molecule has 8 heteroatoms. The highest BCUT2D eigenvalue weighted by Crippen LogP contribution is 2.33. The van der Waals surface area contributed by atoms with E-state index < -0.39 is 17.7 Å². The minimum absolute atomic E-state index is 0.0367. The van der Waals surface area contributed by atoms with Crippen molar-refractivity contribution >= 4 is 23.3 Å². The van der Waals surface area contributed by atoms with Crippen LogP contribution in [0.4, 0.5) is 23.2 Å². The number of benzene rings is 1. The molecule has 24 heavy (non-hydrogen) atoms. The predicted molar refractivity (Wildman–Crippen MR) is 86.5 cm³/mol. The third kappa shape index (κ3) is 4.77. The lowest BCUT2D eigenvalue weighted by Crippen LogP contribution is -2.22. The molecule has 0 radical (unpaired) electrons. The molecule has 0 amide bonds. The van der Waals surface area contributed by atoms with Crippen LogP contribution in [0.5, 0.6) is 0 Å². The fourth-order valence-corrected chi connectivity index (χ4v) is 2.74. The molecule has 2 aromatic rings. The highest BCUT2D eigenvalue weighted by Gasteiger charge is 2.27. The van der Waals surface area contributed by atoms with Gasteiger partial charge in [0.15, 0.2) is 11.6 Å². The number of aryl methyl sites for hydroxylation is 1. The summed E-state index contributed by atoms with van der Waals surface area (Å²) in [6.07, 6.45) is -2.83. The standard InChI is InChI=1S/C16H16F4N2OS/c1-10-7-11(17)12(8-14(10)24-9-16(18,19)20)21-15(22(2)3)13-5-4-6-23-13/h4-8H,9H2,1-3H3. The lowest BCUT2D eigenvalue weighted by Gasteiger charge is -2.15. The smallest absolute Gasteiger partial charge is 0.398 e. The summed E-state index contributed by atoms with van der Waals surface area (Å²) < 4.78 is 56.7. The molecule has 0 saturated carbocycles. The molecule has 2 rings (SSSR count). The third-order valence-corrected chi connectivity index (χ3v) is 4.25. The van der Waals surface area contributed by atoms with Gasteiger partial charge in [-0.05, 0) is 36.8 Å². The van der Waals surface area contributed by atoms with Crippen molar-refractivity contribution in [2.24, 2.45) is 4.99 Å². The second-order valence-electron chi connectivity index (χ2n) is 5.28. The first-order valence-electron chi connectivity index (χ1n) is 6.97. The van der Waals surface area contributed by atoms with Gasteiger partial charge in [-0.15, -0.1) is 11.8 Å².